The van der Waals surface area contributed by atoms with Gasteiger partial charge in [-0.3, -0.25) is 0 Å². The SMILES string of the molecule is CCNC(=NCc1ccccc1OC(F)F)NCc1nnc(C)n1C. The molecule has 0 bridgehead atoms. The number of alkyl halides is 2. The van der Waals surface area contributed by atoms with E-state index in [9.17, 15) is 8.78 Å². The molecule has 9 heteroatoms. The molecule has 2 rings (SSSR count). The number of aromatic nitrogens is 3. The third-order valence-electron chi connectivity index (χ3n) is 3.54. The van der Waals surface area contributed by atoms with E-state index >= 15 is 0 Å². The molecule has 0 aliphatic rings. The van der Waals surface area contributed by atoms with Crippen LogP contribution in [0.4, 0.5) is 8.78 Å². The molecule has 0 saturated carbocycles. The standard InChI is InChI=1S/C16H22F2N6O/c1-4-19-16(21-10-14-23-22-11(2)24(14)3)20-9-12-7-5-6-8-13(12)25-15(17)18/h5-8,15H,4,9-10H2,1-3H3,(H2,19,20,21). The Kier molecular flexibility index (Phi) is 6.67. The molecule has 25 heavy (non-hydrogen) atoms. The number of nitrogens with one attached hydrogen (secondary N) is 2. The molecule has 0 aliphatic heterocycles. The van der Waals surface area contributed by atoms with E-state index in [0.717, 1.165) is 11.6 Å². The highest BCUT2D eigenvalue weighted by molar-refractivity contribution is 5.79. The van der Waals surface area contributed by atoms with Crippen molar-refractivity contribution in [3.8, 4) is 5.75 Å². The largest absolute Gasteiger partial charge is 0.434 e. The van der Waals surface area contributed by atoms with E-state index in [2.05, 4.69) is 30.6 Å². The summed E-state index contributed by atoms with van der Waals surface area (Å²) in [5.74, 6) is 2.26. The molecule has 2 aromatic rings. The number of guanidine groups is 1. The number of ether oxygens (including phenoxy) is 1. The van der Waals surface area contributed by atoms with Crippen LogP contribution in [-0.2, 0) is 20.1 Å². The van der Waals surface area contributed by atoms with E-state index in [1.807, 2.05) is 25.5 Å². The van der Waals surface area contributed by atoms with Crippen molar-refractivity contribution in [1.82, 2.24) is 25.4 Å². The number of halogens is 2. The van der Waals surface area contributed by atoms with Crippen molar-refractivity contribution in [2.75, 3.05) is 6.54 Å². The summed E-state index contributed by atoms with van der Waals surface area (Å²) in [7, 11) is 1.88. The van der Waals surface area contributed by atoms with Gasteiger partial charge in [0.1, 0.15) is 11.6 Å². The molecule has 1 heterocycles. The van der Waals surface area contributed by atoms with Crippen molar-refractivity contribution in [3.63, 3.8) is 0 Å². The Balaban J connectivity index is 2.05. The van der Waals surface area contributed by atoms with Gasteiger partial charge in [0, 0.05) is 19.2 Å². The molecule has 0 spiro atoms. The summed E-state index contributed by atoms with van der Waals surface area (Å²) >= 11 is 0. The zero-order valence-corrected chi connectivity index (χ0v) is 14.5. The minimum absolute atomic E-state index is 0.126. The summed E-state index contributed by atoms with van der Waals surface area (Å²) in [6.45, 7) is 2.26. The lowest BCUT2D eigenvalue weighted by Crippen LogP contribution is -2.37. The minimum atomic E-state index is -2.87. The molecule has 0 unspecified atom stereocenters. The van der Waals surface area contributed by atoms with Crippen molar-refractivity contribution in [2.45, 2.75) is 33.5 Å². The number of nitrogens with zero attached hydrogens (tertiary/aromatic N) is 4. The van der Waals surface area contributed by atoms with Gasteiger partial charge >= 0.3 is 6.61 Å². The molecular weight excluding hydrogens is 330 g/mol. The minimum Gasteiger partial charge on any atom is -0.434 e. The third-order valence-corrected chi connectivity index (χ3v) is 3.54. The molecule has 0 aliphatic carbocycles. The summed E-state index contributed by atoms with van der Waals surface area (Å²) < 4.78 is 31.3. The highest BCUT2D eigenvalue weighted by Crippen LogP contribution is 2.20. The first-order valence-corrected chi connectivity index (χ1v) is 7.91. The van der Waals surface area contributed by atoms with Crippen molar-refractivity contribution in [1.29, 1.82) is 0 Å². The lowest BCUT2D eigenvalue weighted by atomic mass is 10.2. The number of rotatable bonds is 7. The van der Waals surface area contributed by atoms with Gasteiger partial charge in [-0.15, -0.1) is 10.2 Å². The van der Waals surface area contributed by atoms with E-state index in [1.165, 1.54) is 6.07 Å². The second kappa shape index (κ2) is 8.95. The molecule has 2 N–H and O–H groups in total. The Morgan fingerprint density at radius 1 is 1.28 bits per heavy atom. The summed E-state index contributed by atoms with van der Waals surface area (Å²) in [5, 5.41) is 14.3. The molecule has 0 saturated heterocycles. The van der Waals surface area contributed by atoms with E-state index in [0.29, 0.717) is 24.6 Å². The Morgan fingerprint density at radius 2 is 2.04 bits per heavy atom. The highest BCUT2D eigenvalue weighted by Gasteiger charge is 2.09. The van der Waals surface area contributed by atoms with Crippen LogP contribution in [0.2, 0.25) is 0 Å². The van der Waals surface area contributed by atoms with Crippen molar-refractivity contribution in [2.24, 2.45) is 12.0 Å². The van der Waals surface area contributed by atoms with Crippen molar-refractivity contribution in [3.05, 3.63) is 41.5 Å². The van der Waals surface area contributed by atoms with Crippen LogP contribution in [0.1, 0.15) is 24.1 Å². The number of aliphatic imine (C=N–C) groups is 1. The fourth-order valence-corrected chi connectivity index (χ4v) is 2.12. The highest BCUT2D eigenvalue weighted by atomic mass is 19.3. The van der Waals surface area contributed by atoms with Gasteiger partial charge in [0.05, 0.1) is 13.1 Å². The van der Waals surface area contributed by atoms with E-state index < -0.39 is 6.61 Å². The zero-order chi connectivity index (χ0) is 18.2. The number of hydrogen-bond acceptors (Lipinski definition) is 4. The van der Waals surface area contributed by atoms with Gasteiger partial charge in [-0.25, -0.2) is 4.99 Å². The summed E-state index contributed by atoms with van der Waals surface area (Å²) in [6.07, 6.45) is 0. The smallest absolute Gasteiger partial charge is 0.387 e. The van der Waals surface area contributed by atoms with E-state index in [-0.39, 0.29) is 12.3 Å². The molecule has 0 amide bonds. The van der Waals surface area contributed by atoms with Gasteiger partial charge in [-0.05, 0) is 19.9 Å². The maximum atomic E-state index is 12.5. The first-order chi connectivity index (χ1) is 12.0. The van der Waals surface area contributed by atoms with Crippen LogP contribution in [0.5, 0.6) is 5.75 Å². The first-order valence-electron chi connectivity index (χ1n) is 7.91. The van der Waals surface area contributed by atoms with Crippen LogP contribution >= 0.6 is 0 Å². The van der Waals surface area contributed by atoms with Crippen molar-refractivity contribution >= 4 is 5.96 Å². The van der Waals surface area contributed by atoms with Crippen LogP contribution in [0.15, 0.2) is 29.3 Å². The predicted octanol–water partition coefficient (Wildman–Crippen LogP) is 1.98. The number of para-hydroxylation sites is 1. The first kappa shape index (κ1) is 18.6. The van der Waals surface area contributed by atoms with Crippen molar-refractivity contribution < 1.29 is 13.5 Å². The molecule has 7 nitrogen and oxygen atoms in total. The number of hydrogen-bond donors (Lipinski definition) is 2. The predicted molar refractivity (Wildman–Crippen MR) is 90.5 cm³/mol. The molecule has 0 fully saturated rings. The monoisotopic (exact) mass is 352 g/mol. The fourth-order valence-electron chi connectivity index (χ4n) is 2.12. The maximum absolute atomic E-state index is 12.5. The fraction of sp³-hybridized carbons (Fsp3) is 0.438. The van der Waals surface area contributed by atoms with Gasteiger partial charge in [0.15, 0.2) is 11.8 Å². The van der Waals surface area contributed by atoms with E-state index in [1.54, 1.807) is 18.2 Å². The number of aryl methyl sites for hydroxylation is 1. The van der Waals surface area contributed by atoms with Crippen LogP contribution in [0.25, 0.3) is 0 Å². The van der Waals surface area contributed by atoms with Crippen LogP contribution in [0, 0.1) is 6.92 Å². The Bertz CT molecular complexity index is 716. The zero-order valence-electron chi connectivity index (χ0n) is 14.5. The number of benzene rings is 1. The molecule has 1 aromatic heterocycles. The van der Waals surface area contributed by atoms with Crippen LogP contribution in [-0.4, -0.2) is 33.9 Å². The molecule has 1 aromatic carbocycles. The van der Waals surface area contributed by atoms with Gasteiger partial charge < -0.3 is 19.9 Å². The average molecular weight is 352 g/mol. The third kappa shape index (κ3) is 5.40. The summed E-state index contributed by atoms with van der Waals surface area (Å²) in [4.78, 5) is 4.42. The molecule has 0 atom stereocenters. The van der Waals surface area contributed by atoms with Gasteiger partial charge in [0.2, 0.25) is 0 Å². The lowest BCUT2D eigenvalue weighted by Gasteiger charge is -2.12. The maximum Gasteiger partial charge on any atom is 0.387 e. The van der Waals surface area contributed by atoms with Gasteiger partial charge in [-0.1, -0.05) is 18.2 Å². The van der Waals surface area contributed by atoms with Gasteiger partial charge in [0.25, 0.3) is 0 Å². The van der Waals surface area contributed by atoms with Crippen LogP contribution in [0.3, 0.4) is 0 Å². The summed E-state index contributed by atoms with van der Waals surface area (Å²) in [5.41, 5.74) is 0.578. The van der Waals surface area contributed by atoms with Crippen LogP contribution < -0.4 is 15.4 Å². The van der Waals surface area contributed by atoms with Gasteiger partial charge in [-0.2, -0.15) is 8.78 Å². The average Bonchev–Trinajstić information content (AvgIpc) is 2.90. The summed E-state index contributed by atoms with van der Waals surface area (Å²) in [6, 6.07) is 6.60. The Hall–Kier alpha value is -2.71. The molecule has 0 radical (unpaired) electrons. The molecular formula is C16H22F2N6O. The Labute approximate surface area is 145 Å². The quantitative estimate of drug-likeness (QED) is 0.589. The second-order valence-corrected chi connectivity index (χ2v) is 5.26. The Morgan fingerprint density at radius 3 is 2.68 bits per heavy atom. The van der Waals surface area contributed by atoms with E-state index in [4.69, 9.17) is 0 Å². The normalized spacial score (nSPS) is 11.7. The lowest BCUT2D eigenvalue weighted by molar-refractivity contribution is -0.0504. The molecule has 136 valence electrons. The topological polar surface area (TPSA) is 76.4 Å². The second-order valence-electron chi connectivity index (χ2n) is 5.26.